The molecule has 1 heterocycles. The Hall–Kier alpha value is 0.130. The van der Waals surface area contributed by atoms with Crippen molar-refractivity contribution < 1.29 is 4.89 Å². The summed E-state index contributed by atoms with van der Waals surface area (Å²) < 4.78 is 0. The minimum Gasteiger partial charge on any atom is -0.630 e. The maximum Gasteiger partial charge on any atom is 0.182 e. The van der Waals surface area contributed by atoms with Crippen LogP contribution in [0.15, 0.2) is 0 Å². The van der Waals surface area contributed by atoms with Gasteiger partial charge in [0.05, 0.1) is 7.77 Å². The Labute approximate surface area is 73.6 Å². The highest BCUT2D eigenvalue weighted by Gasteiger charge is 2.72. The normalized spacial score (nSPS) is 62.2. The smallest absolute Gasteiger partial charge is 0.182 e. The van der Waals surface area contributed by atoms with Crippen LogP contribution in [0.1, 0.15) is 32.1 Å². The van der Waals surface area contributed by atoms with Crippen LogP contribution in [0, 0.1) is 17.8 Å². The summed E-state index contributed by atoms with van der Waals surface area (Å²) in [5, 5.41) is 1.88. The van der Waals surface area contributed by atoms with Crippen molar-refractivity contribution in [1.82, 2.24) is 0 Å². The fraction of sp³-hybridized carbons (Fsp3) is 0.900. The SMILES string of the molecule is [O-][P+]1=C2C3CC4CC(C3)CC21C4. The van der Waals surface area contributed by atoms with Crippen LogP contribution in [0.2, 0.25) is 0 Å². The predicted octanol–water partition coefficient (Wildman–Crippen LogP) is 1.51. The maximum atomic E-state index is 11.8. The van der Waals surface area contributed by atoms with Gasteiger partial charge in [-0.1, -0.05) is 0 Å². The Bertz CT molecular complexity index is 293. The molecule has 4 aliphatic carbocycles. The second-order valence-corrected chi connectivity index (χ2v) is 7.18. The predicted molar refractivity (Wildman–Crippen MR) is 48.2 cm³/mol. The van der Waals surface area contributed by atoms with Gasteiger partial charge in [0, 0.05) is 18.8 Å². The molecule has 0 aromatic heterocycles. The quantitative estimate of drug-likeness (QED) is 0.518. The molecule has 0 saturated heterocycles. The molecule has 0 aromatic carbocycles. The van der Waals surface area contributed by atoms with E-state index in [1.54, 1.807) is 0 Å². The van der Waals surface area contributed by atoms with E-state index in [1.165, 1.54) is 37.4 Å². The van der Waals surface area contributed by atoms with Crippen molar-refractivity contribution in [3.8, 4) is 0 Å². The van der Waals surface area contributed by atoms with Crippen LogP contribution in [0.25, 0.3) is 0 Å². The van der Waals surface area contributed by atoms with Crippen molar-refractivity contribution in [1.29, 1.82) is 0 Å². The van der Waals surface area contributed by atoms with E-state index < -0.39 is 7.77 Å². The highest BCUT2D eigenvalue weighted by atomic mass is 31.1. The van der Waals surface area contributed by atoms with Crippen LogP contribution in [0.4, 0.5) is 0 Å². The Morgan fingerprint density at radius 2 is 1.83 bits per heavy atom. The average Bonchev–Trinajstić information content (AvgIpc) is 2.54. The zero-order chi connectivity index (χ0) is 7.92. The van der Waals surface area contributed by atoms with Crippen molar-refractivity contribution in [3.63, 3.8) is 0 Å². The van der Waals surface area contributed by atoms with E-state index in [1.807, 2.05) is 0 Å². The Morgan fingerprint density at radius 1 is 1.17 bits per heavy atom. The molecule has 5 rings (SSSR count). The first kappa shape index (κ1) is 6.56. The lowest BCUT2D eigenvalue weighted by molar-refractivity contribution is -0.153. The highest BCUT2D eigenvalue weighted by Crippen LogP contribution is 2.72. The Balaban J connectivity index is 1.87. The molecule has 12 heavy (non-hydrogen) atoms. The molecule has 1 aliphatic heterocycles. The van der Waals surface area contributed by atoms with E-state index in [-0.39, 0.29) is 0 Å². The lowest BCUT2D eigenvalue weighted by Gasteiger charge is -2.45. The van der Waals surface area contributed by atoms with Crippen LogP contribution in [0.3, 0.4) is 0 Å². The Morgan fingerprint density at radius 3 is 2.42 bits per heavy atom. The van der Waals surface area contributed by atoms with Gasteiger partial charge in [0.15, 0.2) is 5.16 Å². The van der Waals surface area contributed by atoms with E-state index in [0.717, 1.165) is 17.8 Å². The molecular weight excluding hydrogens is 167 g/mol. The average molecular weight is 180 g/mol. The zero-order valence-electron chi connectivity index (χ0n) is 7.12. The number of hydrogen-bond donors (Lipinski definition) is 0. The summed E-state index contributed by atoms with van der Waals surface area (Å²) in [4.78, 5) is 11.8. The van der Waals surface area contributed by atoms with Gasteiger partial charge in [-0.2, -0.15) is 0 Å². The maximum absolute atomic E-state index is 11.8. The molecule has 3 atom stereocenters. The molecule has 4 saturated carbocycles. The molecule has 0 radical (unpaired) electrons. The molecule has 0 amide bonds. The second-order valence-electron chi connectivity index (χ2n) is 5.26. The molecular formula is C10H13OP. The molecule has 64 valence electrons. The van der Waals surface area contributed by atoms with Crippen LogP contribution in [0.5, 0.6) is 0 Å². The summed E-state index contributed by atoms with van der Waals surface area (Å²) in [7, 11) is -0.826. The van der Waals surface area contributed by atoms with Crippen LogP contribution in [-0.4, -0.2) is 10.4 Å². The van der Waals surface area contributed by atoms with E-state index in [9.17, 15) is 4.89 Å². The number of rotatable bonds is 0. The van der Waals surface area contributed by atoms with Gasteiger partial charge in [0.2, 0.25) is 0 Å². The standard InChI is InChI=1S/C10H13OP/c11-12-9-8-2-6-1-7(3-8)5-10(9,12)4-6/h6-8H,1-5H2. The van der Waals surface area contributed by atoms with E-state index in [0.29, 0.717) is 5.16 Å². The van der Waals surface area contributed by atoms with Gasteiger partial charge < -0.3 is 4.89 Å². The summed E-state index contributed by atoms with van der Waals surface area (Å²) in [5.41, 5.74) is 0. The fourth-order valence-electron chi connectivity index (χ4n) is 4.39. The van der Waals surface area contributed by atoms with Gasteiger partial charge in [-0.15, -0.1) is 0 Å². The molecule has 4 fully saturated rings. The molecule has 1 spiro atoms. The fourth-order valence-corrected chi connectivity index (χ4v) is 6.90. The van der Waals surface area contributed by atoms with E-state index in [2.05, 4.69) is 0 Å². The minimum absolute atomic E-state index is 0.351. The summed E-state index contributed by atoms with van der Waals surface area (Å²) in [6.45, 7) is 0. The molecule has 5 aliphatic rings. The van der Waals surface area contributed by atoms with Crippen LogP contribution < -0.4 is 4.89 Å². The van der Waals surface area contributed by atoms with E-state index in [4.69, 9.17) is 0 Å². The molecule has 4 bridgehead atoms. The largest absolute Gasteiger partial charge is 0.630 e. The van der Waals surface area contributed by atoms with Gasteiger partial charge in [-0.05, 0) is 31.1 Å². The summed E-state index contributed by atoms with van der Waals surface area (Å²) in [6.07, 6.45) is 6.88. The molecule has 2 heteroatoms. The first-order valence-corrected chi connectivity index (χ1v) is 6.40. The van der Waals surface area contributed by atoms with Crippen molar-refractivity contribution in [2.75, 3.05) is 0 Å². The summed E-state index contributed by atoms with van der Waals surface area (Å²) in [6, 6.07) is 0. The van der Waals surface area contributed by atoms with Gasteiger partial charge in [-0.3, -0.25) is 0 Å². The molecule has 0 N–H and O–H groups in total. The lowest BCUT2D eigenvalue weighted by Crippen LogP contribution is -2.46. The Kier molecular flexibility index (Phi) is 0.915. The second kappa shape index (κ2) is 1.67. The van der Waals surface area contributed by atoms with Gasteiger partial charge >= 0.3 is 0 Å². The van der Waals surface area contributed by atoms with Crippen LogP contribution >= 0.6 is 7.77 Å². The lowest BCUT2D eigenvalue weighted by atomic mass is 9.56. The van der Waals surface area contributed by atoms with Crippen molar-refractivity contribution >= 4 is 13.1 Å². The van der Waals surface area contributed by atoms with Crippen molar-refractivity contribution in [3.05, 3.63) is 0 Å². The highest BCUT2D eigenvalue weighted by molar-refractivity contribution is 7.66. The van der Waals surface area contributed by atoms with Crippen molar-refractivity contribution in [2.45, 2.75) is 37.3 Å². The molecule has 1 nitrogen and oxygen atoms in total. The first-order valence-electron chi connectivity index (χ1n) is 5.14. The minimum atomic E-state index is -0.826. The first-order chi connectivity index (χ1) is 5.79. The third kappa shape index (κ3) is 0.524. The zero-order valence-corrected chi connectivity index (χ0v) is 8.02. The van der Waals surface area contributed by atoms with Gasteiger partial charge in [-0.25, -0.2) is 0 Å². The third-order valence-corrected chi connectivity index (χ3v) is 6.97. The summed E-state index contributed by atoms with van der Waals surface area (Å²) in [5.74, 6) is 2.75. The van der Waals surface area contributed by atoms with Crippen molar-refractivity contribution in [2.24, 2.45) is 17.8 Å². The van der Waals surface area contributed by atoms with E-state index >= 15 is 0 Å². The molecule has 3 unspecified atom stereocenters. The number of hydrogen-bond acceptors (Lipinski definition) is 1. The monoisotopic (exact) mass is 180 g/mol. The molecule has 0 aromatic rings. The van der Waals surface area contributed by atoms with Gasteiger partial charge in [0.25, 0.3) is 0 Å². The van der Waals surface area contributed by atoms with Gasteiger partial charge in [0.1, 0.15) is 5.29 Å². The topological polar surface area (TPSA) is 23.1 Å². The van der Waals surface area contributed by atoms with Crippen LogP contribution in [-0.2, 0) is 0 Å². The summed E-state index contributed by atoms with van der Waals surface area (Å²) >= 11 is 0. The third-order valence-electron chi connectivity index (χ3n) is 4.58.